The Morgan fingerprint density at radius 2 is 1.62 bits per heavy atom. The van der Waals surface area contributed by atoms with E-state index in [0.29, 0.717) is 6.42 Å². The average molecular weight is 190 g/mol. The molecule has 0 rings (SSSR count). The van der Waals surface area contributed by atoms with Crippen LogP contribution in [0, 0.1) is 11.3 Å². The fourth-order valence-electron chi connectivity index (χ4n) is 0. The number of nitrogens with zero attached hydrogens (tertiary/aromatic N) is 1. The smallest absolute Gasteiger partial charge is 0.198 e. The van der Waals surface area contributed by atoms with E-state index in [4.69, 9.17) is 38.5 Å². The third-order valence-corrected chi connectivity index (χ3v) is 0.158. The van der Waals surface area contributed by atoms with E-state index in [2.05, 4.69) is 0 Å². The normalized spacial score (nSPS) is 7.00. The molecule has 8 heavy (non-hydrogen) atoms. The Labute approximate surface area is 64.9 Å². The number of hydrogen-bond donors (Lipinski definition) is 0. The molecule has 1 radical (unpaired) electrons. The second kappa shape index (κ2) is 10.5. The molecule has 0 saturated heterocycles. The van der Waals surface area contributed by atoms with Crippen LogP contribution < -0.4 is 0 Å². The van der Waals surface area contributed by atoms with E-state index >= 15 is 0 Å². The van der Waals surface area contributed by atoms with Gasteiger partial charge in [-0.3, -0.25) is 0 Å². The van der Waals surface area contributed by atoms with Crippen molar-refractivity contribution in [2.24, 2.45) is 0 Å². The maximum absolute atomic E-state index is 7.62. The van der Waals surface area contributed by atoms with Crippen molar-refractivity contribution in [3.8, 4) is 6.07 Å². The summed E-state index contributed by atoms with van der Waals surface area (Å²) in [5, 5.41) is 7.62. The van der Waals surface area contributed by atoms with Gasteiger partial charge < -0.3 is 0 Å². The van der Waals surface area contributed by atoms with Crippen LogP contribution in [0.2, 0.25) is 0 Å². The first-order valence-corrected chi connectivity index (χ1v) is 6.39. The van der Waals surface area contributed by atoms with E-state index in [-0.39, 0.29) is 0 Å². The summed E-state index contributed by atoms with van der Waals surface area (Å²) < 4.78 is 0. The zero-order chi connectivity index (χ0) is 6.99. The maximum Gasteiger partial charge on any atom is 0.376 e. The van der Waals surface area contributed by atoms with Crippen LogP contribution in [0.15, 0.2) is 0 Å². The van der Waals surface area contributed by atoms with E-state index in [0.717, 1.165) is 0 Å². The van der Waals surface area contributed by atoms with Gasteiger partial charge in [-0.2, -0.15) is 5.26 Å². The summed E-state index contributed by atoms with van der Waals surface area (Å²) in [6.45, 7) is 0.356. The number of hydrogen-bond acceptors (Lipinski definition) is 1. The summed E-state index contributed by atoms with van der Waals surface area (Å²) in [4.78, 5) is 0. The summed E-state index contributed by atoms with van der Waals surface area (Å²) in [6, 6.07) is 1.93. The topological polar surface area (TPSA) is 23.8 Å². The van der Waals surface area contributed by atoms with Crippen molar-refractivity contribution in [1.82, 2.24) is 0 Å². The summed E-state index contributed by atoms with van der Waals surface area (Å²) >= 11 is 14.7. The number of halogens is 3. The van der Waals surface area contributed by atoms with Crippen LogP contribution in [0.4, 0.5) is 0 Å². The van der Waals surface area contributed by atoms with Gasteiger partial charge in [-0.25, -0.2) is 0 Å². The molecule has 47 valence electrons. The van der Waals surface area contributed by atoms with Gasteiger partial charge in [0.05, 0.1) is 6.07 Å². The minimum Gasteiger partial charge on any atom is -0.198 e. The molecule has 0 saturated carbocycles. The second-order valence-electron chi connectivity index (χ2n) is 0.726. The maximum atomic E-state index is 7.62. The summed E-state index contributed by atoms with van der Waals surface area (Å²) in [5.41, 5.74) is 0. The Morgan fingerprint density at radius 3 is 1.62 bits per heavy atom. The summed E-state index contributed by atoms with van der Waals surface area (Å²) in [5.74, 6) is 0. The van der Waals surface area contributed by atoms with Gasteiger partial charge in [0.1, 0.15) is 0 Å². The lowest BCUT2D eigenvalue weighted by molar-refractivity contribution is 1.22. The predicted molar refractivity (Wildman–Crippen MR) is 39.2 cm³/mol. The molecule has 0 aromatic heterocycles. The van der Waals surface area contributed by atoms with Crippen molar-refractivity contribution in [3.05, 3.63) is 0 Å². The highest BCUT2D eigenvalue weighted by molar-refractivity contribution is 7.54. The lowest BCUT2D eigenvalue weighted by atomic mass is 10.6. The highest BCUT2D eigenvalue weighted by Gasteiger charge is 1.88. The second-order valence-corrected chi connectivity index (χ2v) is 6.30. The molecule has 5 heteroatoms. The van der Waals surface area contributed by atoms with Gasteiger partial charge in [0.2, 0.25) is 0 Å². The van der Waals surface area contributed by atoms with Crippen LogP contribution in [0.5, 0.6) is 0 Å². The molecular formula is C3H5Cl3NSi. The van der Waals surface area contributed by atoms with Gasteiger partial charge in [0.15, 0.2) is 0 Å². The Bertz CT molecular complexity index is 66.7. The van der Waals surface area contributed by atoms with Crippen molar-refractivity contribution in [3.63, 3.8) is 0 Å². The van der Waals surface area contributed by atoms with Gasteiger partial charge in [-0.05, 0) is 0 Å². The van der Waals surface area contributed by atoms with Crippen molar-refractivity contribution in [2.45, 2.75) is 13.3 Å². The Hall–Kier alpha value is 0.577. The SMILES string of the molecule is CCC#N.Cl[Si](Cl)Cl. The molecule has 0 unspecified atom stereocenters. The van der Waals surface area contributed by atoms with Crippen molar-refractivity contribution < 1.29 is 0 Å². The van der Waals surface area contributed by atoms with Gasteiger partial charge in [-0.15, -0.1) is 33.2 Å². The van der Waals surface area contributed by atoms with Crippen LogP contribution in [0.3, 0.4) is 0 Å². The minimum absolute atomic E-state index is 0.625. The molecule has 0 N–H and O–H groups in total. The highest BCUT2D eigenvalue weighted by atomic mass is 35.8. The molecule has 0 aromatic rings. The highest BCUT2D eigenvalue weighted by Crippen LogP contribution is 1.97. The third kappa shape index (κ3) is 82.3. The van der Waals surface area contributed by atoms with Gasteiger partial charge in [0, 0.05) is 6.42 Å². The molecule has 0 fully saturated rings. The van der Waals surface area contributed by atoms with Crippen LogP contribution in [-0.4, -0.2) is 6.73 Å². The fourth-order valence-corrected chi connectivity index (χ4v) is 0. The molecule has 0 bridgehead atoms. The Kier molecular flexibility index (Phi) is 15.0. The quantitative estimate of drug-likeness (QED) is 0.424. The van der Waals surface area contributed by atoms with E-state index in [9.17, 15) is 0 Å². The number of nitriles is 1. The van der Waals surface area contributed by atoms with Crippen LogP contribution in [-0.2, 0) is 0 Å². The van der Waals surface area contributed by atoms with E-state index in [1.54, 1.807) is 0 Å². The molecule has 0 aliphatic heterocycles. The molecule has 0 aromatic carbocycles. The fraction of sp³-hybridized carbons (Fsp3) is 0.667. The first-order chi connectivity index (χ1) is 3.65. The Morgan fingerprint density at radius 1 is 1.50 bits per heavy atom. The molecule has 0 aliphatic rings. The Balaban J connectivity index is 0. The molecule has 0 atom stereocenters. The molecule has 0 aliphatic carbocycles. The molecule has 1 nitrogen and oxygen atoms in total. The number of rotatable bonds is 0. The summed E-state index contributed by atoms with van der Waals surface area (Å²) in [6.07, 6.45) is 0.625. The largest absolute Gasteiger partial charge is 0.376 e. The lowest BCUT2D eigenvalue weighted by Crippen LogP contribution is -1.66. The summed E-state index contributed by atoms with van der Waals surface area (Å²) in [7, 11) is 0. The predicted octanol–water partition coefficient (Wildman–Crippen LogP) is 2.61. The van der Waals surface area contributed by atoms with E-state index in [1.165, 1.54) is 0 Å². The zero-order valence-corrected chi connectivity index (χ0v) is 7.56. The van der Waals surface area contributed by atoms with Gasteiger partial charge in [-0.1, -0.05) is 6.92 Å². The standard InChI is InChI=1S/C3H5N.Cl3Si/c1-2-3-4;1-4(2)3/h2H2,1H3;. The van der Waals surface area contributed by atoms with Crippen LogP contribution in [0.25, 0.3) is 0 Å². The monoisotopic (exact) mass is 188 g/mol. The van der Waals surface area contributed by atoms with Gasteiger partial charge in [0.25, 0.3) is 0 Å². The lowest BCUT2D eigenvalue weighted by Gasteiger charge is -1.62. The van der Waals surface area contributed by atoms with E-state index < -0.39 is 6.73 Å². The molecule has 0 spiro atoms. The molecule has 0 amide bonds. The van der Waals surface area contributed by atoms with Crippen LogP contribution >= 0.6 is 33.2 Å². The van der Waals surface area contributed by atoms with Gasteiger partial charge >= 0.3 is 6.73 Å². The average Bonchev–Trinajstić information content (AvgIpc) is 1.65. The molecular weight excluding hydrogens is 184 g/mol. The van der Waals surface area contributed by atoms with Crippen LogP contribution in [0.1, 0.15) is 13.3 Å². The molecule has 0 heterocycles. The zero-order valence-electron chi connectivity index (χ0n) is 4.29. The van der Waals surface area contributed by atoms with Crippen molar-refractivity contribution in [1.29, 1.82) is 5.26 Å². The first kappa shape index (κ1) is 11.4. The first-order valence-electron chi connectivity index (χ1n) is 1.85. The minimum atomic E-state index is -1.46. The van der Waals surface area contributed by atoms with Crippen molar-refractivity contribution >= 4 is 40.0 Å². The van der Waals surface area contributed by atoms with E-state index in [1.807, 2.05) is 13.0 Å². The third-order valence-electron chi connectivity index (χ3n) is 0.158. The van der Waals surface area contributed by atoms with Crippen molar-refractivity contribution in [2.75, 3.05) is 0 Å².